The van der Waals surface area contributed by atoms with Gasteiger partial charge in [-0.25, -0.2) is 15.0 Å². The second-order valence-electron chi connectivity index (χ2n) is 9.40. The molecule has 0 aliphatic carbocycles. The molecule has 8 nitrogen and oxygen atoms in total. The van der Waals surface area contributed by atoms with Crippen LogP contribution in [-0.4, -0.2) is 69.2 Å². The molecule has 2 aromatic rings. The Morgan fingerprint density at radius 1 is 1.12 bits per heavy atom. The van der Waals surface area contributed by atoms with Crippen LogP contribution in [-0.2, 0) is 17.8 Å². The summed E-state index contributed by atoms with van der Waals surface area (Å²) < 4.78 is 43.7. The molecule has 0 aromatic carbocycles. The average Bonchev–Trinajstić information content (AvgIpc) is 3.20. The van der Waals surface area contributed by atoms with Crippen molar-refractivity contribution in [2.24, 2.45) is 0 Å². The summed E-state index contributed by atoms with van der Waals surface area (Å²) in [6.45, 7) is 7.50. The molecule has 1 amide bonds. The molecule has 1 unspecified atom stereocenters. The minimum Gasteiger partial charge on any atom is -0.356 e. The van der Waals surface area contributed by atoms with Gasteiger partial charge in [0, 0.05) is 44.7 Å². The smallest absolute Gasteiger partial charge is 0.356 e. The predicted octanol–water partition coefficient (Wildman–Crippen LogP) is 3.31. The van der Waals surface area contributed by atoms with Crippen molar-refractivity contribution in [3.8, 4) is 0 Å². The van der Waals surface area contributed by atoms with Crippen LogP contribution >= 0.6 is 0 Å². The van der Waals surface area contributed by atoms with Gasteiger partial charge in [0.15, 0.2) is 0 Å². The number of fused-ring (bicyclic) bond motifs is 1. The van der Waals surface area contributed by atoms with Crippen LogP contribution in [0.2, 0.25) is 0 Å². The number of amides is 1. The number of alkyl halides is 3. The molecule has 3 aliphatic heterocycles. The van der Waals surface area contributed by atoms with Crippen LogP contribution in [0.5, 0.6) is 0 Å². The number of imidazole rings is 1. The summed E-state index contributed by atoms with van der Waals surface area (Å²) in [6, 6.07) is 0. The number of aryl methyl sites for hydroxylation is 1. The maximum Gasteiger partial charge on any atom is 0.396 e. The van der Waals surface area contributed by atoms with Gasteiger partial charge in [-0.2, -0.15) is 13.2 Å². The number of aromatic nitrogens is 4. The SMILES string of the molecule is CCc1cn(CCN2CCC2)c(C2CCN(c3ncnc4c3C(C(F)(F)F)CC(=O)N4)CC2)n1. The second-order valence-corrected chi connectivity index (χ2v) is 9.40. The number of carbonyl (C=O) groups is 1. The summed E-state index contributed by atoms with van der Waals surface area (Å²) in [5.74, 6) is -0.973. The number of nitrogens with one attached hydrogen (secondary N) is 1. The van der Waals surface area contributed by atoms with Gasteiger partial charge in [-0.1, -0.05) is 6.92 Å². The third-order valence-corrected chi connectivity index (χ3v) is 7.24. The highest BCUT2D eigenvalue weighted by Crippen LogP contribution is 2.46. The van der Waals surface area contributed by atoms with Crippen molar-refractivity contribution >= 4 is 17.5 Å². The molecule has 0 radical (unpaired) electrons. The molecule has 2 saturated heterocycles. The van der Waals surface area contributed by atoms with Crippen molar-refractivity contribution in [3.05, 3.63) is 29.6 Å². The zero-order valence-corrected chi connectivity index (χ0v) is 19.3. The minimum absolute atomic E-state index is 0.0163. The predicted molar refractivity (Wildman–Crippen MR) is 121 cm³/mol. The summed E-state index contributed by atoms with van der Waals surface area (Å²) in [5.41, 5.74) is 1.06. The molecule has 2 fully saturated rings. The monoisotopic (exact) mass is 477 g/mol. The van der Waals surface area contributed by atoms with Gasteiger partial charge in [0.25, 0.3) is 0 Å². The molecule has 5 rings (SSSR count). The molecular formula is C23H30F3N7O. The lowest BCUT2D eigenvalue weighted by atomic mass is 9.90. The number of likely N-dealkylation sites (tertiary alicyclic amines) is 1. The number of anilines is 2. The van der Waals surface area contributed by atoms with Crippen molar-refractivity contribution in [3.63, 3.8) is 0 Å². The number of carbonyl (C=O) groups excluding carboxylic acids is 1. The van der Waals surface area contributed by atoms with Gasteiger partial charge in [0.2, 0.25) is 5.91 Å². The Bertz CT molecular complexity index is 1040. The zero-order chi connectivity index (χ0) is 23.9. The van der Waals surface area contributed by atoms with Crippen LogP contribution < -0.4 is 10.2 Å². The van der Waals surface area contributed by atoms with E-state index in [4.69, 9.17) is 4.98 Å². The first kappa shape index (κ1) is 23.1. The van der Waals surface area contributed by atoms with E-state index in [9.17, 15) is 18.0 Å². The Kier molecular flexibility index (Phi) is 6.22. The Balaban J connectivity index is 1.33. The highest BCUT2D eigenvalue weighted by Gasteiger charge is 2.48. The first-order valence-electron chi connectivity index (χ1n) is 12.1. The first-order valence-corrected chi connectivity index (χ1v) is 12.1. The fourth-order valence-electron chi connectivity index (χ4n) is 5.17. The van der Waals surface area contributed by atoms with Crippen molar-refractivity contribution < 1.29 is 18.0 Å². The quantitative estimate of drug-likeness (QED) is 0.688. The lowest BCUT2D eigenvalue weighted by molar-refractivity contribution is -0.156. The third-order valence-electron chi connectivity index (χ3n) is 7.24. The molecular weight excluding hydrogens is 447 g/mol. The summed E-state index contributed by atoms with van der Waals surface area (Å²) >= 11 is 0. The van der Waals surface area contributed by atoms with E-state index in [0.29, 0.717) is 13.1 Å². The third kappa shape index (κ3) is 4.49. The van der Waals surface area contributed by atoms with E-state index >= 15 is 0 Å². The van der Waals surface area contributed by atoms with Gasteiger partial charge in [-0.3, -0.25) is 4.79 Å². The van der Waals surface area contributed by atoms with Gasteiger partial charge in [0.05, 0.1) is 17.2 Å². The standard InChI is InChI=1S/C23H30F3N7O/c1-2-16-13-33(11-10-31-6-3-7-31)21(29-16)15-4-8-32(9-5-15)22-19-17(23(24,25)26)12-18(34)30-20(19)27-14-28-22/h13-15,17H,2-12H2,1H3,(H,27,28,30,34). The first-order chi connectivity index (χ1) is 16.3. The maximum atomic E-state index is 13.8. The van der Waals surface area contributed by atoms with E-state index in [1.54, 1.807) is 0 Å². The Hall–Kier alpha value is -2.69. The van der Waals surface area contributed by atoms with E-state index in [0.717, 1.165) is 57.0 Å². The average molecular weight is 478 g/mol. The largest absolute Gasteiger partial charge is 0.396 e. The van der Waals surface area contributed by atoms with Crippen molar-refractivity contribution in [1.82, 2.24) is 24.4 Å². The Morgan fingerprint density at radius 3 is 2.53 bits per heavy atom. The molecule has 0 spiro atoms. The van der Waals surface area contributed by atoms with Gasteiger partial charge in [-0.15, -0.1) is 0 Å². The molecule has 0 saturated carbocycles. The number of rotatable bonds is 6. The van der Waals surface area contributed by atoms with Crippen LogP contribution in [0, 0.1) is 0 Å². The highest BCUT2D eigenvalue weighted by atomic mass is 19.4. The van der Waals surface area contributed by atoms with Crippen LogP contribution in [0.4, 0.5) is 24.8 Å². The summed E-state index contributed by atoms with van der Waals surface area (Å²) in [5, 5.41) is 2.49. The molecule has 34 heavy (non-hydrogen) atoms. The number of piperidine rings is 1. The van der Waals surface area contributed by atoms with Crippen molar-refractivity contribution in [2.45, 2.75) is 63.6 Å². The molecule has 5 heterocycles. The highest BCUT2D eigenvalue weighted by molar-refractivity contribution is 5.94. The summed E-state index contributed by atoms with van der Waals surface area (Å²) in [6.07, 6.45) is 1.91. The van der Waals surface area contributed by atoms with E-state index in [1.807, 2.05) is 4.90 Å². The molecule has 1 N–H and O–H groups in total. The fourth-order valence-corrected chi connectivity index (χ4v) is 5.17. The molecule has 1 atom stereocenters. The number of halogens is 3. The van der Waals surface area contributed by atoms with Crippen LogP contribution in [0.15, 0.2) is 12.5 Å². The lowest BCUT2D eigenvalue weighted by Gasteiger charge is -2.36. The number of hydrogen-bond donors (Lipinski definition) is 1. The van der Waals surface area contributed by atoms with E-state index in [-0.39, 0.29) is 23.1 Å². The second kappa shape index (κ2) is 9.16. The molecule has 3 aliphatic rings. The maximum absolute atomic E-state index is 13.8. The van der Waals surface area contributed by atoms with Crippen molar-refractivity contribution in [2.75, 3.05) is 42.9 Å². The summed E-state index contributed by atoms with van der Waals surface area (Å²) in [4.78, 5) is 29.3. The fraction of sp³-hybridized carbons (Fsp3) is 0.652. The number of hydrogen-bond acceptors (Lipinski definition) is 6. The van der Waals surface area contributed by atoms with E-state index in [2.05, 4.69) is 37.9 Å². The van der Waals surface area contributed by atoms with Gasteiger partial charge >= 0.3 is 6.18 Å². The molecule has 2 aromatic heterocycles. The Labute approximate surface area is 196 Å². The van der Waals surface area contributed by atoms with Crippen LogP contribution in [0.1, 0.15) is 61.5 Å². The minimum atomic E-state index is -4.54. The molecule has 184 valence electrons. The van der Waals surface area contributed by atoms with Crippen LogP contribution in [0.25, 0.3) is 0 Å². The van der Waals surface area contributed by atoms with Gasteiger partial charge in [0.1, 0.15) is 23.8 Å². The molecule has 11 heteroatoms. The van der Waals surface area contributed by atoms with E-state index in [1.165, 1.54) is 12.7 Å². The van der Waals surface area contributed by atoms with Crippen LogP contribution in [0.3, 0.4) is 0 Å². The lowest BCUT2D eigenvalue weighted by Crippen LogP contribution is -2.40. The van der Waals surface area contributed by atoms with Crippen molar-refractivity contribution in [1.29, 1.82) is 0 Å². The number of nitrogens with zero attached hydrogens (tertiary/aromatic N) is 6. The Morgan fingerprint density at radius 2 is 1.88 bits per heavy atom. The van der Waals surface area contributed by atoms with Gasteiger partial charge < -0.3 is 19.7 Å². The zero-order valence-electron chi connectivity index (χ0n) is 19.3. The normalized spacial score (nSPS) is 21.8. The summed E-state index contributed by atoms with van der Waals surface area (Å²) in [7, 11) is 0. The molecule has 0 bridgehead atoms. The topological polar surface area (TPSA) is 79.2 Å². The van der Waals surface area contributed by atoms with E-state index < -0.39 is 24.4 Å². The van der Waals surface area contributed by atoms with Gasteiger partial charge in [-0.05, 0) is 38.8 Å².